The number of rotatable bonds is 15. The zero-order valence-corrected chi connectivity index (χ0v) is 65.7. The summed E-state index contributed by atoms with van der Waals surface area (Å²) in [5.41, 5.74) is 2.00. The fourth-order valence-corrected chi connectivity index (χ4v) is 17.6. The number of hydrogen-bond donors (Lipinski definition) is 2. The van der Waals surface area contributed by atoms with Crippen LogP contribution in [0, 0.1) is 11.8 Å². The Morgan fingerprint density at radius 3 is 1.83 bits per heavy atom. The van der Waals surface area contributed by atoms with Crippen molar-refractivity contribution in [1.29, 1.82) is 0 Å². The van der Waals surface area contributed by atoms with Crippen LogP contribution in [-0.4, -0.2) is 173 Å². The number of benzene rings is 1. The van der Waals surface area contributed by atoms with E-state index in [-0.39, 0.29) is 69.4 Å². The summed E-state index contributed by atoms with van der Waals surface area (Å²) < 4.78 is 76.3. The predicted octanol–water partition coefficient (Wildman–Crippen LogP) is 15.3. The van der Waals surface area contributed by atoms with Gasteiger partial charge in [0, 0.05) is 45.6 Å². The Morgan fingerprint density at radius 2 is 1.24 bits per heavy atom. The molecule has 0 spiro atoms. The Kier molecular flexibility index (Phi) is 27.1. The topological polar surface area (TPSA) is 193 Å². The third kappa shape index (κ3) is 21.0. The number of ketones is 1. The minimum Gasteiger partial charge on any atom is -0.458 e. The summed E-state index contributed by atoms with van der Waals surface area (Å²) in [6, 6.07) is 8.96. The molecular formula is C73H126O16Si4. The van der Waals surface area contributed by atoms with Crippen molar-refractivity contribution in [2.75, 3.05) is 13.7 Å². The van der Waals surface area contributed by atoms with Crippen LogP contribution in [-0.2, 0) is 60.5 Å². The van der Waals surface area contributed by atoms with Crippen LogP contribution < -0.4 is 0 Å². The summed E-state index contributed by atoms with van der Waals surface area (Å²) >= 11 is 0. The van der Waals surface area contributed by atoms with E-state index in [4.69, 9.17) is 50.9 Å². The molecule has 12 unspecified atom stereocenters. The van der Waals surface area contributed by atoms with Crippen LogP contribution in [0.15, 0.2) is 66.8 Å². The fourth-order valence-electron chi connectivity index (χ4n) is 12.6. The van der Waals surface area contributed by atoms with Crippen LogP contribution in [0.3, 0.4) is 0 Å². The Morgan fingerprint density at radius 1 is 0.645 bits per heavy atom. The number of Topliss-reactive ketones (excluding diaryl/α,β-unsaturated/α-hetero) is 1. The molecule has 18 atom stereocenters. The van der Waals surface area contributed by atoms with Crippen LogP contribution in [0.25, 0.3) is 0 Å². The third-order valence-corrected chi connectivity index (χ3v) is 40.7. The van der Waals surface area contributed by atoms with Gasteiger partial charge < -0.3 is 61.1 Å². The molecule has 530 valence electrons. The Balaban J connectivity index is 1.43. The van der Waals surface area contributed by atoms with Crippen LogP contribution >= 0.6 is 0 Å². The van der Waals surface area contributed by atoms with Crippen LogP contribution in [0.4, 0.5) is 0 Å². The lowest BCUT2D eigenvalue weighted by molar-refractivity contribution is -0.269. The van der Waals surface area contributed by atoms with Crippen LogP contribution in [0.5, 0.6) is 0 Å². The first kappa shape index (κ1) is 79.5. The van der Waals surface area contributed by atoms with E-state index < -0.39 is 130 Å². The van der Waals surface area contributed by atoms with E-state index in [1.165, 1.54) is 6.92 Å². The lowest BCUT2D eigenvalue weighted by atomic mass is 9.82. The molecule has 0 aromatic heterocycles. The number of carbonyl (C=O) groups excluding carboxylic acids is 3. The van der Waals surface area contributed by atoms with Crippen molar-refractivity contribution in [2.24, 2.45) is 11.8 Å². The number of aliphatic hydroxyl groups excluding tert-OH is 2. The molecule has 6 aliphatic rings. The highest BCUT2D eigenvalue weighted by Gasteiger charge is 2.56. The number of hydrogen-bond acceptors (Lipinski definition) is 16. The molecule has 0 radical (unpaired) electrons. The summed E-state index contributed by atoms with van der Waals surface area (Å²) in [7, 11) is -8.27. The first-order chi connectivity index (χ1) is 42.7. The number of fused-ring (bicyclic) bond motifs is 15. The van der Waals surface area contributed by atoms with Crippen molar-refractivity contribution in [3.05, 3.63) is 72.4 Å². The van der Waals surface area contributed by atoms with Gasteiger partial charge >= 0.3 is 11.9 Å². The van der Waals surface area contributed by atoms with Crippen molar-refractivity contribution < 1.29 is 75.5 Å². The van der Waals surface area contributed by atoms with Gasteiger partial charge in [0.25, 0.3) is 0 Å². The Bertz CT molecular complexity index is 2670. The normalized spacial score (nSPS) is 33.2. The number of methoxy groups -OCH3 is 1. The van der Waals surface area contributed by atoms with Crippen molar-refractivity contribution in [1.82, 2.24) is 0 Å². The Hall–Kier alpha value is -2.52. The summed E-state index contributed by atoms with van der Waals surface area (Å²) in [5.74, 6) is -1.78. The summed E-state index contributed by atoms with van der Waals surface area (Å²) in [6.45, 7) is 56.9. The van der Waals surface area contributed by atoms with Gasteiger partial charge in [0.1, 0.15) is 42.4 Å². The molecule has 1 aromatic rings. The highest BCUT2D eigenvalue weighted by atomic mass is 28.4. The van der Waals surface area contributed by atoms with E-state index in [1.54, 1.807) is 19.2 Å². The van der Waals surface area contributed by atoms with Gasteiger partial charge in [-0.25, -0.2) is 4.79 Å². The number of aliphatic hydroxyl groups is 2. The predicted molar refractivity (Wildman–Crippen MR) is 378 cm³/mol. The average Bonchev–Trinajstić information content (AvgIpc) is 1.31. The minimum absolute atomic E-state index is 0.0398. The van der Waals surface area contributed by atoms with E-state index in [2.05, 4.69) is 149 Å². The van der Waals surface area contributed by atoms with Crippen LogP contribution in [0.2, 0.25) is 72.5 Å². The second kappa shape index (κ2) is 31.8. The SMILES string of the molecule is C=C1C[C@@H]2CCC(OC(=O)c3ccccc3)/C=C/C(O[Si](C)(C)C(C)(C)C)C3O[C@H]4CC[C@H](CC(=O)CC5C(C[C@@H](OC(C)=O)C(=C)C(C)CC(O)CCC1O2)OC(CC(CO[Si](C)(C)C(C)(C)C)O[Si](C)(C)C(C)(C)C)[C@@H]5OC)OC4[C@H](O)C3O[Si](C)(C)C(C)(C)C. The number of esters is 2. The van der Waals surface area contributed by atoms with Gasteiger partial charge in [0.15, 0.2) is 33.3 Å². The maximum atomic E-state index is 15.1. The van der Waals surface area contributed by atoms with E-state index in [0.29, 0.717) is 75.5 Å². The molecule has 0 amide bonds. The van der Waals surface area contributed by atoms with Gasteiger partial charge in [0.05, 0.1) is 73.2 Å². The molecule has 4 saturated heterocycles. The highest BCUT2D eigenvalue weighted by Crippen LogP contribution is 2.47. The van der Waals surface area contributed by atoms with Gasteiger partial charge in [0.2, 0.25) is 0 Å². The standard InChI is InChI=1S/C73H126O16Si4/c1-46-39-51(75)31-36-58-47(2)40-54(82-58)33-32-53(84-69(78)50-29-27-26-28-30-50)34-38-60(88-92(22,23)72(11,12)13)67-68(89-93(24,25)73(14,15)16)64(77)66-59(86-67)37-35-55(83-66)41-52(76)42-57-62(44-61(48(46)3)81-49(4)74)85-63(65(57)79-17)43-56(87-91(20,21)71(8,9)10)45-80-90(18,19)70(5,6)7/h26-30,34,38,46,51,53-68,75,77H,2-3,31-33,35-37,39-45H2,1,4-25H3/b38-34+/t46?,51?,53?,54-,55+,56?,57?,58?,59-,60?,61+,62?,63?,64-,65+,66?,67?,68?/m0/s1. The monoisotopic (exact) mass is 1370 g/mol. The zero-order valence-electron chi connectivity index (χ0n) is 61.7. The molecular weight excluding hydrogens is 1250 g/mol. The zero-order chi connectivity index (χ0) is 69.8. The molecule has 93 heavy (non-hydrogen) atoms. The molecule has 6 aliphatic heterocycles. The molecule has 6 heterocycles. The van der Waals surface area contributed by atoms with Gasteiger partial charge in [-0.15, -0.1) is 0 Å². The molecule has 0 aliphatic carbocycles. The molecule has 20 heteroatoms. The maximum Gasteiger partial charge on any atom is 0.338 e. The van der Waals surface area contributed by atoms with Gasteiger partial charge in [-0.3, -0.25) is 9.59 Å². The van der Waals surface area contributed by atoms with Crippen LogP contribution in [0.1, 0.15) is 184 Å². The fraction of sp³-hybridized carbons (Fsp3) is 0.795. The first-order valence-corrected chi connectivity index (χ1v) is 46.6. The second-order valence-corrected chi connectivity index (χ2v) is 53.2. The number of ether oxygens (including phenoxy) is 7. The summed E-state index contributed by atoms with van der Waals surface area (Å²) in [6.07, 6.45) is -1.95. The lowest BCUT2D eigenvalue weighted by Gasteiger charge is -2.53. The molecule has 0 saturated carbocycles. The Labute approximate surface area is 565 Å². The van der Waals surface area contributed by atoms with Gasteiger partial charge in [-0.1, -0.05) is 127 Å². The molecule has 1 aromatic carbocycles. The second-order valence-electron chi connectivity index (χ2n) is 34.1. The molecule has 7 rings (SSSR count). The smallest absolute Gasteiger partial charge is 0.338 e. The lowest BCUT2D eigenvalue weighted by Crippen LogP contribution is -2.67. The largest absolute Gasteiger partial charge is 0.458 e. The molecule has 16 nitrogen and oxygen atoms in total. The van der Waals surface area contributed by atoms with Gasteiger partial charge in [-0.05, 0) is 159 Å². The molecule has 2 N–H and O–H groups in total. The highest BCUT2D eigenvalue weighted by molar-refractivity contribution is 6.75. The van der Waals surface area contributed by atoms with Crippen molar-refractivity contribution in [2.45, 2.75) is 344 Å². The van der Waals surface area contributed by atoms with Crippen molar-refractivity contribution in [3.63, 3.8) is 0 Å². The summed E-state index contributed by atoms with van der Waals surface area (Å²) in [5, 5.41) is 24.3. The minimum atomic E-state index is -2.69. The summed E-state index contributed by atoms with van der Waals surface area (Å²) in [4.78, 5) is 42.3. The maximum absolute atomic E-state index is 15.1. The quantitative estimate of drug-likeness (QED) is 0.0956. The number of carbonyl (C=O) groups is 3. The van der Waals surface area contributed by atoms with Crippen molar-refractivity contribution in [3.8, 4) is 0 Å². The van der Waals surface area contributed by atoms with Crippen molar-refractivity contribution >= 4 is 51.0 Å². The van der Waals surface area contributed by atoms with E-state index in [9.17, 15) is 19.8 Å². The van der Waals surface area contributed by atoms with E-state index in [1.807, 2.05) is 37.3 Å². The van der Waals surface area contributed by atoms with E-state index >= 15 is 4.79 Å². The molecule has 6 bridgehead atoms. The first-order valence-electron chi connectivity index (χ1n) is 34.9. The third-order valence-electron chi connectivity index (χ3n) is 22.7. The van der Waals surface area contributed by atoms with Gasteiger partial charge in [-0.2, -0.15) is 0 Å². The van der Waals surface area contributed by atoms with E-state index in [0.717, 1.165) is 5.57 Å². The molecule has 4 fully saturated rings. The average molecular weight is 1370 g/mol.